The van der Waals surface area contributed by atoms with Crippen LogP contribution in [0.25, 0.3) is 28.1 Å². The largest absolute Gasteiger partial charge is 0.460 e. The highest BCUT2D eigenvalue weighted by molar-refractivity contribution is 5.97. The van der Waals surface area contributed by atoms with E-state index in [1.807, 2.05) is 26.0 Å². The summed E-state index contributed by atoms with van der Waals surface area (Å²) in [5.41, 5.74) is 2.70. The van der Waals surface area contributed by atoms with Crippen LogP contribution in [0.15, 0.2) is 92.2 Å². The van der Waals surface area contributed by atoms with Crippen LogP contribution >= 0.6 is 0 Å². The minimum atomic E-state index is -0.740. The number of ether oxygens (including phenoxy) is 2. The molecule has 0 saturated heterocycles. The van der Waals surface area contributed by atoms with E-state index in [1.165, 1.54) is 24.3 Å². The predicted octanol–water partition coefficient (Wildman–Crippen LogP) is 5.62. The first-order valence-electron chi connectivity index (χ1n) is 19.5. The molecule has 0 radical (unpaired) electrons. The van der Waals surface area contributed by atoms with Crippen molar-refractivity contribution in [1.82, 2.24) is 15.6 Å². The van der Waals surface area contributed by atoms with Gasteiger partial charge in [-0.1, -0.05) is 24.6 Å². The number of carbonyl (C=O) groups is 3. The molecule has 18 nitrogen and oxygen atoms in total. The number of carbonyl (C=O) groups excluding carboxylic acids is 3. The van der Waals surface area contributed by atoms with Gasteiger partial charge in [0.15, 0.2) is 5.52 Å². The molecule has 0 aliphatic carbocycles. The first-order valence-corrected chi connectivity index (χ1v) is 19.5. The Hall–Kier alpha value is -6.92. The van der Waals surface area contributed by atoms with E-state index < -0.39 is 22.4 Å². The maximum Gasteiger partial charge on any atom is 0.349 e. The number of esters is 1. The smallest absolute Gasteiger partial charge is 0.349 e. The van der Waals surface area contributed by atoms with Crippen molar-refractivity contribution in [2.45, 2.75) is 39.5 Å². The number of nitrogens with zero attached hydrogens (tertiary/aromatic N) is 4. The number of non-ortho nitro benzene ring substituents is 1. The molecule has 316 valence electrons. The van der Waals surface area contributed by atoms with Crippen LogP contribution in [0.4, 0.5) is 22.7 Å². The van der Waals surface area contributed by atoms with Crippen molar-refractivity contribution < 1.29 is 42.9 Å². The highest BCUT2D eigenvalue weighted by Crippen LogP contribution is 2.29. The van der Waals surface area contributed by atoms with Crippen molar-refractivity contribution in [3.8, 4) is 0 Å². The number of amides is 2. The van der Waals surface area contributed by atoms with Crippen molar-refractivity contribution in [1.29, 1.82) is 0 Å². The molecule has 4 N–H and O–H groups in total. The molecule has 0 aliphatic rings. The van der Waals surface area contributed by atoms with Crippen LogP contribution in [-0.2, 0) is 19.1 Å². The Kier molecular flexibility index (Phi) is 16.4. The Balaban J connectivity index is 0.957. The first-order chi connectivity index (χ1) is 29.1. The third-order valence-corrected chi connectivity index (χ3v) is 9.27. The van der Waals surface area contributed by atoms with Crippen LogP contribution < -0.4 is 26.5 Å². The average Bonchev–Trinajstić information content (AvgIpc) is 3.74. The fourth-order valence-corrected chi connectivity index (χ4v) is 6.11. The van der Waals surface area contributed by atoms with Crippen molar-refractivity contribution in [2.75, 3.05) is 68.1 Å². The van der Waals surface area contributed by atoms with Gasteiger partial charge in [-0.3, -0.25) is 19.7 Å². The molecule has 0 saturated carbocycles. The first kappa shape index (κ1) is 44.2. The van der Waals surface area contributed by atoms with Gasteiger partial charge in [0.2, 0.25) is 11.4 Å². The van der Waals surface area contributed by atoms with E-state index in [1.54, 1.807) is 42.5 Å². The summed E-state index contributed by atoms with van der Waals surface area (Å²) in [6.45, 7) is 6.03. The summed E-state index contributed by atoms with van der Waals surface area (Å²) in [5, 5.41) is 37.3. The van der Waals surface area contributed by atoms with Gasteiger partial charge in [0.25, 0.3) is 5.91 Å². The molecule has 3 aromatic carbocycles. The van der Waals surface area contributed by atoms with E-state index >= 15 is 0 Å². The molecule has 60 heavy (non-hydrogen) atoms. The van der Waals surface area contributed by atoms with Gasteiger partial charge in [-0.2, -0.15) is 0 Å². The molecule has 2 heterocycles. The molecule has 0 spiro atoms. The maximum atomic E-state index is 12.7. The Morgan fingerprint density at radius 1 is 0.933 bits per heavy atom. The van der Waals surface area contributed by atoms with Crippen LogP contribution in [0.3, 0.4) is 0 Å². The number of rotatable bonds is 23. The lowest BCUT2D eigenvalue weighted by Crippen LogP contribution is -2.31. The summed E-state index contributed by atoms with van der Waals surface area (Å²) in [4.78, 5) is 63.1. The summed E-state index contributed by atoms with van der Waals surface area (Å²) in [7, 11) is 0. The quantitative estimate of drug-likeness (QED) is 0.0119. The Labute approximate surface area is 344 Å². The van der Waals surface area contributed by atoms with E-state index in [4.69, 9.17) is 13.9 Å². The molecule has 0 atom stereocenters. The molecule has 5 rings (SSSR count). The van der Waals surface area contributed by atoms with Gasteiger partial charge in [-0.25, -0.2) is 14.2 Å². The minimum absolute atomic E-state index is 0.0467. The van der Waals surface area contributed by atoms with E-state index in [0.717, 1.165) is 37.2 Å². The lowest BCUT2D eigenvalue weighted by atomic mass is 10.1. The van der Waals surface area contributed by atoms with Crippen LogP contribution in [0.5, 0.6) is 0 Å². The molecule has 0 unspecified atom stereocenters. The van der Waals surface area contributed by atoms with Crippen molar-refractivity contribution in [3.63, 3.8) is 0 Å². The number of aromatic nitrogens is 2. The average molecular weight is 826 g/mol. The molecule has 2 aromatic heterocycles. The van der Waals surface area contributed by atoms with Crippen LogP contribution in [0.1, 0.15) is 55.5 Å². The minimum Gasteiger partial charge on any atom is -0.460 e. The fraction of sp³-hybridized carbons (Fsp3) is 0.333. The summed E-state index contributed by atoms with van der Waals surface area (Å²) in [6, 6.07) is 16.9. The molecular weight excluding hydrogens is 778 g/mol. The second-order valence-electron chi connectivity index (χ2n) is 13.3. The third kappa shape index (κ3) is 12.3. The number of nitrogens with one attached hydrogen (secondary N) is 3. The number of nitro groups is 1. The number of fused-ring (bicyclic) bond motifs is 2. The van der Waals surface area contributed by atoms with Crippen LogP contribution in [0, 0.1) is 10.1 Å². The normalized spacial score (nSPS) is 11.6. The zero-order valence-electron chi connectivity index (χ0n) is 33.3. The van der Waals surface area contributed by atoms with Crippen molar-refractivity contribution in [3.05, 3.63) is 110 Å². The topological polar surface area (TPSA) is 242 Å². The van der Waals surface area contributed by atoms with E-state index in [-0.39, 0.29) is 66.7 Å². The van der Waals surface area contributed by atoms with Crippen LogP contribution in [-0.4, -0.2) is 90.7 Å². The number of hydrogen-bond acceptors (Lipinski definition) is 15. The van der Waals surface area contributed by atoms with E-state index in [2.05, 4.69) is 35.8 Å². The molecule has 0 fully saturated rings. The monoisotopic (exact) mass is 825 g/mol. The molecule has 2 amide bonds. The van der Waals surface area contributed by atoms with Gasteiger partial charge in [-0.15, -0.1) is 0 Å². The molecule has 5 aromatic rings. The van der Waals surface area contributed by atoms with Gasteiger partial charge < -0.3 is 39.8 Å². The Bertz CT molecular complexity index is 2390. The third-order valence-electron chi connectivity index (χ3n) is 9.27. The second-order valence-corrected chi connectivity index (χ2v) is 13.3. The molecular formula is C42H47N7O11. The predicted molar refractivity (Wildman–Crippen MR) is 225 cm³/mol. The second kappa shape index (κ2) is 22.3. The highest BCUT2D eigenvalue weighted by atomic mass is 16.6. The zero-order valence-corrected chi connectivity index (χ0v) is 33.3. The standard InChI is InChI=1S/C42H47N7O11/c1-3-48(4-2)32-16-13-30-26-33(42(54)59-36(30)27-32)40(52)44-21-23-57-24-25-58-41(53)29(19-22-50)12-9-28-10-14-31(15-11-28)45-37(51)8-6-5-7-20-43-34-17-18-35(49(55)56)39-38(34)46-60-47-39/h9-19,26-27,43,50H,3-8,20-25H2,1-2H3,(H,44,52)(H,45,51)/b12-9+,29-19+. The number of benzene rings is 3. The molecule has 18 heteroatoms. The molecule has 0 bridgehead atoms. The van der Waals surface area contributed by atoms with E-state index in [9.17, 15) is 34.4 Å². The molecule has 0 aliphatic heterocycles. The Morgan fingerprint density at radius 3 is 2.47 bits per heavy atom. The Morgan fingerprint density at radius 2 is 1.72 bits per heavy atom. The summed E-state index contributed by atoms with van der Waals surface area (Å²) < 4.78 is 20.9. The van der Waals surface area contributed by atoms with Gasteiger partial charge >= 0.3 is 17.3 Å². The lowest BCUT2D eigenvalue weighted by molar-refractivity contribution is -0.383. The maximum absolute atomic E-state index is 12.7. The summed E-state index contributed by atoms with van der Waals surface area (Å²) >= 11 is 0. The number of anilines is 3. The number of aliphatic hydroxyl groups excluding tert-OH is 1. The van der Waals surface area contributed by atoms with Gasteiger partial charge in [0, 0.05) is 61.5 Å². The van der Waals surface area contributed by atoms with E-state index in [0.29, 0.717) is 41.7 Å². The highest BCUT2D eigenvalue weighted by Gasteiger charge is 2.19. The number of unbranched alkanes of at least 4 members (excludes halogenated alkanes) is 2. The lowest BCUT2D eigenvalue weighted by Gasteiger charge is -2.21. The SMILES string of the molecule is CCN(CC)c1ccc2cc(C(=O)NCCOCCOC(=O)C(/C=C/c3ccc(NC(=O)CCCCCNc4ccc([N+](=O)[O-])c5nonc45)cc3)=C/CO)c(=O)oc2c1. The number of aliphatic hydroxyl groups is 1. The van der Waals surface area contributed by atoms with Crippen molar-refractivity contribution >= 4 is 68.6 Å². The van der Waals surface area contributed by atoms with Gasteiger partial charge in [0.1, 0.15) is 17.8 Å². The van der Waals surface area contributed by atoms with Crippen molar-refractivity contribution in [2.24, 2.45) is 0 Å². The number of hydrogen-bond donors (Lipinski definition) is 4. The summed E-state index contributed by atoms with van der Waals surface area (Å²) in [5.74, 6) is -1.40. The van der Waals surface area contributed by atoms with Crippen LogP contribution in [0.2, 0.25) is 0 Å². The number of nitro benzene ring substituents is 1. The zero-order chi connectivity index (χ0) is 42.9. The van der Waals surface area contributed by atoms with Gasteiger partial charge in [0.05, 0.1) is 36.0 Å². The summed E-state index contributed by atoms with van der Waals surface area (Å²) in [6.07, 6.45) is 6.99. The van der Waals surface area contributed by atoms with Gasteiger partial charge in [-0.05, 0) is 91.1 Å². The fourth-order valence-electron chi connectivity index (χ4n) is 6.11.